The van der Waals surface area contributed by atoms with Gasteiger partial charge in [-0.15, -0.1) is 9.84 Å². The van der Waals surface area contributed by atoms with E-state index in [-0.39, 0.29) is 11.0 Å². The number of halogens is 1. The highest BCUT2D eigenvalue weighted by molar-refractivity contribution is 7.89. The van der Waals surface area contributed by atoms with Crippen LogP contribution >= 0.6 is 0 Å². The fraction of sp³-hybridized carbons (Fsp3) is 0.529. The molecule has 7 nitrogen and oxygen atoms in total. The van der Waals surface area contributed by atoms with E-state index in [0.29, 0.717) is 17.9 Å². The number of nitrogens with one attached hydrogen (secondary N) is 1. The van der Waals surface area contributed by atoms with Crippen LogP contribution in [-0.4, -0.2) is 40.1 Å². The largest absolute Gasteiger partial charge is 0.598 e. The van der Waals surface area contributed by atoms with Crippen molar-refractivity contribution in [3.8, 4) is 0 Å². The van der Waals surface area contributed by atoms with Gasteiger partial charge in [0.25, 0.3) is 0 Å². The summed E-state index contributed by atoms with van der Waals surface area (Å²) in [6.45, 7) is 2.13. The average Bonchev–Trinajstić information content (AvgIpc) is 2.78. The second kappa shape index (κ2) is 7.81. The fourth-order valence-electron chi connectivity index (χ4n) is 3.41. The Balaban J connectivity index is 1.80. The summed E-state index contributed by atoms with van der Waals surface area (Å²) in [6.07, 6.45) is -0.307. The molecule has 142 valence electrons. The molecular weight excluding hydrogens is 361 g/mol. The first-order valence-electron chi connectivity index (χ1n) is 8.55. The molecule has 2 aliphatic rings. The van der Waals surface area contributed by atoms with Crippen LogP contribution in [0.4, 0.5) is 9.28 Å². The number of hydrogen-bond donors (Lipinski definition) is 2. The van der Waals surface area contributed by atoms with Crippen LogP contribution in [0.5, 0.6) is 0 Å². The maximum Gasteiger partial charge on any atom is 0.439 e. The molecule has 5 unspecified atom stereocenters. The molecule has 0 radical (unpaired) electrons. The molecule has 1 aromatic carbocycles. The van der Waals surface area contributed by atoms with E-state index < -0.39 is 41.4 Å². The molecule has 2 heterocycles. The van der Waals surface area contributed by atoms with Gasteiger partial charge in [-0.1, -0.05) is 28.7 Å². The van der Waals surface area contributed by atoms with E-state index in [1.165, 1.54) is 6.92 Å². The summed E-state index contributed by atoms with van der Waals surface area (Å²) in [4.78, 5) is 23.1. The molecule has 3 N–H and O–H groups in total. The van der Waals surface area contributed by atoms with E-state index in [1.807, 2.05) is 12.1 Å². The molecule has 0 bridgehead atoms. The first kappa shape index (κ1) is 18.9. The number of hydrogen-bond acceptors (Lipinski definition) is 5. The Morgan fingerprint density at radius 2 is 2.08 bits per heavy atom. The number of ether oxygens (including phenoxy) is 1. The van der Waals surface area contributed by atoms with Crippen LogP contribution in [-0.2, 0) is 20.9 Å². The van der Waals surface area contributed by atoms with Gasteiger partial charge in [0.05, 0.1) is 5.92 Å². The molecule has 0 saturated carbocycles. The summed E-state index contributed by atoms with van der Waals surface area (Å²) in [5.74, 6) is -0.610. The molecule has 26 heavy (non-hydrogen) atoms. The number of amides is 2. The molecular formula is C17H22FN3O4S. The van der Waals surface area contributed by atoms with Crippen molar-refractivity contribution >= 4 is 23.4 Å². The van der Waals surface area contributed by atoms with Crippen LogP contribution in [0.15, 0.2) is 24.3 Å². The van der Waals surface area contributed by atoms with E-state index in [4.69, 9.17) is 10.5 Å². The number of primary amides is 1. The fourth-order valence-corrected chi connectivity index (χ4v) is 4.37. The summed E-state index contributed by atoms with van der Waals surface area (Å²) >= 11 is -0.986. The number of carbonyl (C=O) groups is 2. The van der Waals surface area contributed by atoms with Crippen LogP contribution in [0.2, 0.25) is 0 Å². The van der Waals surface area contributed by atoms with Gasteiger partial charge in [0.15, 0.2) is 0 Å². The standard InChI is InChI=1S/C17H22FN3O4S/c1-10(16(19)22)15-14(21(18)17(23)25-15)12-6-4-11(5-7-12)13-3-2-8-26(24)20-9-13/h4-7,10,13-15,20H,2-3,8-9H2,1H3,(H2,19,22). The van der Waals surface area contributed by atoms with Gasteiger partial charge in [0, 0.05) is 23.8 Å². The van der Waals surface area contributed by atoms with Gasteiger partial charge in [-0.2, -0.15) is 0 Å². The molecule has 2 amide bonds. The summed E-state index contributed by atoms with van der Waals surface area (Å²) in [5, 5.41) is 0.00939. The minimum absolute atomic E-state index is 0.00939. The maximum absolute atomic E-state index is 14.3. The summed E-state index contributed by atoms with van der Waals surface area (Å²) < 4.78 is 33.8. The quantitative estimate of drug-likeness (QED) is 0.608. The molecule has 2 aliphatic heterocycles. The Labute approximate surface area is 154 Å². The van der Waals surface area contributed by atoms with Crippen molar-refractivity contribution < 1.29 is 23.4 Å². The zero-order chi connectivity index (χ0) is 18.8. The number of cyclic esters (lactones) is 1. The lowest BCUT2D eigenvalue weighted by Crippen LogP contribution is -2.35. The highest BCUT2D eigenvalue weighted by Gasteiger charge is 2.47. The Morgan fingerprint density at radius 1 is 1.42 bits per heavy atom. The van der Waals surface area contributed by atoms with Gasteiger partial charge in [-0.05, 0) is 30.9 Å². The van der Waals surface area contributed by atoms with Crippen molar-refractivity contribution in [1.29, 1.82) is 0 Å². The molecule has 5 atom stereocenters. The molecule has 1 aromatic rings. The third-order valence-corrected chi connectivity index (χ3v) is 6.18. The average molecular weight is 383 g/mol. The molecule has 2 fully saturated rings. The Bertz CT molecular complexity index is 674. The van der Waals surface area contributed by atoms with Crippen LogP contribution in [0, 0.1) is 5.92 Å². The van der Waals surface area contributed by atoms with Crippen LogP contribution in [0.3, 0.4) is 0 Å². The van der Waals surface area contributed by atoms with Gasteiger partial charge in [0.2, 0.25) is 5.91 Å². The van der Waals surface area contributed by atoms with E-state index in [2.05, 4.69) is 4.72 Å². The van der Waals surface area contributed by atoms with Crippen LogP contribution in [0.1, 0.15) is 42.9 Å². The predicted octanol–water partition coefficient (Wildman–Crippen LogP) is 1.69. The van der Waals surface area contributed by atoms with Crippen molar-refractivity contribution in [3.05, 3.63) is 35.4 Å². The van der Waals surface area contributed by atoms with Crippen molar-refractivity contribution in [1.82, 2.24) is 9.84 Å². The molecule has 0 spiro atoms. The number of benzene rings is 1. The van der Waals surface area contributed by atoms with E-state index >= 15 is 0 Å². The maximum atomic E-state index is 14.3. The van der Waals surface area contributed by atoms with E-state index in [0.717, 1.165) is 18.4 Å². The van der Waals surface area contributed by atoms with Gasteiger partial charge in [-0.3, -0.25) is 4.79 Å². The van der Waals surface area contributed by atoms with Crippen molar-refractivity contribution in [2.75, 3.05) is 12.3 Å². The normalized spacial score (nSPS) is 30.6. The highest BCUT2D eigenvalue weighted by Crippen LogP contribution is 2.38. The highest BCUT2D eigenvalue weighted by atomic mass is 32.2. The predicted molar refractivity (Wildman–Crippen MR) is 93.7 cm³/mol. The molecule has 2 saturated heterocycles. The first-order valence-corrected chi connectivity index (χ1v) is 9.87. The second-order valence-corrected chi connectivity index (χ2v) is 8.09. The molecule has 0 aliphatic carbocycles. The van der Waals surface area contributed by atoms with Gasteiger partial charge in [-0.25, -0.2) is 4.79 Å². The minimum Gasteiger partial charge on any atom is -0.598 e. The first-order chi connectivity index (χ1) is 12.4. The van der Waals surface area contributed by atoms with Crippen LogP contribution in [0.25, 0.3) is 0 Å². The Kier molecular flexibility index (Phi) is 5.69. The number of rotatable bonds is 4. The number of carbonyl (C=O) groups excluding carboxylic acids is 2. The second-order valence-electron chi connectivity index (χ2n) is 6.70. The van der Waals surface area contributed by atoms with Crippen molar-refractivity contribution in [2.45, 2.75) is 37.8 Å². The third-order valence-electron chi connectivity index (χ3n) is 5.03. The Morgan fingerprint density at radius 3 is 2.73 bits per heavy atom. The van der Waals surface area contributed by atoms with Crippen LogP contribution < -0.4 is 10.5 Å². The van der Waals surface area contributed by atoms with Gasteiger partial charge >= 0.3 is 6.09 Å². The smallest absolute Gasteiger partial charge is 0.439 e. The summed E-state index contributed by atoms with van der Waals surface area (Å²) in [6, 6.07) is 6.20. The van der Waals surface area contributed by atoms with Gasteiger partial charge in [0.1, 0.15) is 17.9 Å². The zero-order valence-electron chi connectivity index (χ0n) is 14.4. The van der Waals surface area contributed by atoms with Gasteiger partial charge < -0.3 is 15.0 Å². The van der Waals surface area contributed by atoms with Crippen molar-refractivity contribution in [3.63, 3.8) is 0 Å². The summed E-state index contributed by atoms with van der Waals surface area (Å²) in [5.41, 5.74) is 6.88. The third kappa shape index (κ3) is 3.79. The van der Waals surface area contributed by atoms with Crippen molar-refractivity contribution in [2.24, 2.45) is 11.7 Å². The number of nitrogens with two attached hydrogens (primary N) is 1. The SMILES string of the molecule is CC(C(N)=O)C1OC(=O)N(F)C1c1ccc(C2CCC[S+]([O-])NC2)cc1. The number of nitrogens with zero attached hydrogens (tertiary/aromatic N) is 1. The molecule has 0 aromatic heterocycles. The topological polar surface area (TPSA) is 108 Å². The lowest BCUT2D eigenvalue weighted by atomic mass is 9.89. The lowest BCUT2D eigenvalue weighted by molar-refractivity contribution is -0.124. The van der Waals surface area contributed by atoms with E-state index in [9.17, 15) is 18.6 Å². The summed E-state index contributed by atoms with van der Waals surface area (Å²) in [7, 11) is 0. The zero-order valence-corrected chi connectivity index (χ0v) is 15.2. The molecule has 3 rings (SSSR count). The molecule has 9 heteroatoms. The minimum atomic E-state index is -1.12. The van der Waals surface area contributed by atoms with E-state index in [1.54, 1.807) is 12.1 Å². The monoisotopic (exact) mass is 383 g/mol. The lowest BCUT2D eigenvalue weighted by Gasteiger charge is -2.23. The Hall–Kier alpha value is -1.84.